The van der Waals surface area contributed by atoms with Crippen molar-refractivity contribution >= 4 is 23.5 Å². The molecule has 0 radical (unpaired) electrons. The summed E-state index contributed by atoms with van der Waals surface area (Å²) >= 11 is 1.69. The van der Waals surface area contributed by atoms with Crippen LogP contribution in [0.5, 0.6) is 0 Å². The molecule has 1 aromatic heterocycles. The van der Waals surface area contributed by atoms with Crippen molar-refractivity contribution in [1.29, 1.82) is 0 Å². The van der Waals surface area contributed by atoms with E-state index in [0.717, 1.165) is 17.9 Å². The first-order valence-electron chi connectivity index (χ1n) is 9.87. The Hall–Kier alpha value is -2.66. The van der Waals surface area contributed by atoms with Gasteiger partial charge in [-0.25, -0.2) is 4.79 Å². The number of aryl methyl sites for hydroxylation is 1. The Kier molecular flexibility index (Phi) is 7.04. The topological polar surface area (TPSA) is 37.3 Å². The van der Waals surface area contributed by atoms with Gasteiger partial charge >= 0.3 is 6.03 Å². The predicted molar refractivity (Wildman–Crippen MR) is 123 cm³/mol. The number of amides is 2. The maximum atomic E-state index is 12.9. The molecule has 29 heavy (non-hydrogen) atoms. The van der Waals surface area contributed by atoms with Crippen molar-refractivity contribution in [2.75, 3.05) is 11.6 Å². The number of nitrogens with zero attached hydrogens (tertiary/aromatic N) is 2. The lowest BCUT2D eigenvalue weighted by molar-refractivity contribution is 0.192. The van der Waals surface area contributed by atoms with Crippen LogP contribution in [0, 0.1) is 6.92 Å². The van der Waals surface area contributed by atoms with Crippen LogP contribution in [0.3, 0.4) is 0 Å². The molecule has 0 atom stereocenters. The van der Waals surface area contributed by atoms with Crippen molar-refractivity contribution in [3.8, 4) is 0 Å². The van der Waals surface area contributed by atoms with Gasteiger partial charge in [0.2, 0.25) is 0 Å². The minimum absolute atomic E-state index is 0.0833. The van der Waals surface area contributed by atoms with E-state index in [-0.39, 0.29) is 12.1 Å². The monoisotopic (exact) mass is 407 g/mol. The number of hydrogen-bond donors (Lipinski definition) is 1. The summed E-state index contributed by atoms with van der Waals surface area (Å²) in [4.78, 5) is 16.0. The van der Waals surface area contributed by atoms with Gasteiger partial charge in [-0.05, 0) is 69.0 Å². The third kappa shape index (κ3) is 5.67. The fourth-order valence-electron chi connectivity index (χ4n) is 3.17. The van der Waals surface area contributed by atoms with Gasteiger partial charge < -0.3 is 14.8 Å². The first-order valence-corrected chi connectivity index (χ1v) is 11.1. The number of carbonyl (C=O) groups excluding carboxylic acids is 1. The predicted octanol–water partition coefficient (Wildman–Crippen LogP) is 6.01. The van der Waals surface area contributed by atoms with Gasteiger partial charge in [0.15, 0.2) is 0 Å². The van der Waals surface area contributed by atoms with Crippen LogP contribution in [0.25, 0.3) is 0 Å². The summed E-state index contributed by atoms with van der Waals surface area (Å²) in [6, 6.07) is 20.6. The summed E-state index contributed by atoms with van der Waals surface area (Å²) in [5.41, 5.74) is 4.44. The minimum atomic E-state index is -0.0833. The fraction of sp³-hybridized carbons (Fsp3) is 0.292. The van der Waals surface area contributed by atoms with Crippen molar-refractivity contribution < 1.29 is 4.79 Å². The number of hydrogen-bond acceptors (Lipinski definition) is 2. The number of nitrogens with one attached hydrogen (secondary N) is 1. The Balaban J connectivity index is 1.71. The molecular weight excluding hydrogens is 378 g/mol. The molecule has 5 heteroatoms. The third-order valence-corrected chi connectivity index (χ3v) is 5.70. The molecule has 2 amide bonds. The number of urea groups is 1. The molecule has 0 saturated carbocycles. The number of rotatable bonds is 7. The second-order valence-electron chi connectivity index (χ2n) is 7.49. The van der Waals surface area contributed by atoms with Crippen LogP contribution in [-0.2, 0) is 13.1 Å². The van der Waals surface area contributed by atoms with Gasteiger partial charge in [-0.3, -0.25) is 0 Å². The molecule has 0 bridgehead atoms. The maximum absolute atomic E-state index is 12.9. The first kappa shape index (κ1) is 21.1. The number of benzene rings is 2. The highest BCUT2D eigenvalue weighted by atomic mass is 32.2. The van der Waals surface area contributed by atoms with Crippen LogP contribution in [-0.4, -0.2) is 27.8 Å². The molecule has 0 saturated heterocycles. The lowest BCUT2D eigenvalue weighted by Gasteiger charge is -2.27. The summed E-state index contributed by atoms with van der Waals surface area (Å²) in [6.07, 6.45) is 4.12. The van der Waals surface area contributed by atoms with E-state index in [0.29, 0.717) is 6.54 Å². The molecule has 152 valence electrons. The van der Waals surface area contributed by atoms with E-state index in [1.54, 1.807) is 11.8 Å². The number of aromatic nitrogens is 1. The van der Waals surface area contributed by atoms with Crippen molar-refractivity contribution in [3.63, 3.8) is 0 Å². The van der Waals surface area contributed by atoms with Crippen LogP contribution in [0.2, 0.25) is 0 Å². The summed E-state index contributed by atoms with van der Waals surface area (Å²) in [7, 11) is 0. The molecule has 0 spiro atoms. The van der Waals surface area contributed by atoms with Crippen LogP contribution < -0.4 is 5.32 Å². The largest absolute Gasteiger partial charge is 0.345 e. The zero-order valence-electron chi connectivity index (χ0n) is 17.6. The Morgan fingerprint density at radius 2 is 1.76 bits per heavy atom. The molecule has 0 aliphatic carbocycles. The SMILES string of the molecule is CSc1ccc(NC(=O)N(Cc2cccn2Cc2ccc(C)cc2)C(C)C)cc1. The average molecular weight is 408 g/mol. The van der Waals surface area contributed by atoms with Gasteiger partial charge in [-0.15, -0.1) is 11.8 Å². The van der Waals surface area contributed by atoms with Crippen LogP contribution in [0.15, 0.2) is 71.8 Å². The van der Waals surface area contributed by atoms with Crippen LogP contribution in [0.4, 0.5) is 10.5 Å². The van der Waals surface area contributed by atoms with E-state index in [1.165, 1.54) is 16.0 Å². The van der Waals surface area contributed by atoms with Gasteiger partial charge in [-0.1, -0.05) is 29.8 Å². The smallest absolute Gasteiger partial charge is 0.322 e. The Morgan fingerprint density at radius 1 is 1.07 bits per heavy atom. The molecule has 0 fully saturated rings. The molecule has 1 N–H and O–H groups in total. The highest BCUT2D eigenvalue weighted by Gasteiger charge is 2.19. The van der Waals surface area contributed by atoms with Crippen LogP contribution >= 0.6 is 11.8 Å². The lowest BCUT2D eigenvalue weighted by atomic mass is 10.1. The lowest BCUT2D eigenvalue weighted by Crippen LogP contribution is -2.40. The summed E-state index contributed by atoms with van der Waals surface area (Å²) in [6.45, 7) is 7.55. The molecule has 4 nitrogen and oxygen atoms in total. The summed E-state index contributed by atoms with van der Waals surface area (Å²) in [5.74, 6) is 0. The zero-order valence-corrected chi connectivity index (χ0v) is 18.4. The molecule has 0 aliphatic rings. The van der Waals surface area contributed by atoms with Gasteiger partial charge in [-0.2, -0.15) is 0 Å². The molecular formula is C24H29N3OS. The molecule has 0 unspecified atom stereocenters. The summed E-state index contributed by atoms with van der Waals surface area (Å²) < 4.78 is 2.21. The molecule has 2 aromatic carbocycles. The van der Waals surface area contributed by atoms with Gasteiger partial charge in [0.1, 0.15) is 0 Å². The molecule has 3 aromatic rings. The standard InChI is InChI=1S/C24H29N3OS/c1-18(2)27(24(28)25-21-11-13-23(29-4)14-12-21)17-22-6-5-15-26(22)16-20-9-7-19(3)8-10-20/h5-15,18H,16-17H2,1-4H3,(H,25,28). The van der Waals surface area contributed by atoms with Gasteiger partial charge in [0.25, 0.3) is 0 Å². The zero-order chi connectivity index (χ0) is 20.8. The van der Waals surface area contributed by atoms with Crippen molar-refractivity contribution in [3.05, 3.63) is 83.7 Å². The number of carbonyl (C=O) groups is 1. The van der Waals surface area contributed by atoms with Crippen molar-refractivity contribution in [2.24, 2.45) is 0 Å². The molecule has 1 heterocycles. The highest BCUT2D eigenvalue weighted by molar-refractivity contribution is 7.98. The Labute approximate surface area is 177 Å². The Morgan fingerprint density at radius 3 is 2.38 bits per heavy atom. The quantitative estimate of drug-likeness (QED) is 0.487. The van der Waals surface area contributed by atoms with Gasteiger partial charge in [0.05, 0.1) is 6.54 Å². The minimum Gasteiger partial charge on any atom is -0.345 e. The van der Waals surface area contributed by atoms with E-state index in [9.17, 15) is 4.79 Å². The third-order valence-electron chi connectivity index (χ3n) is 4.95. The average Bonchev–Trinajstić information content (AvgIpc) is 3.14. The highest BCUT2D eigenvalue weighted by Crippen LogP contribution is 2.19. The van der Waals surface area contributed by atoms with Crippen LogP contribution in [0.1, 0.15) is 30.7 Å². The van der Waals surface area contributed by atoms with E-state index >= 15 is 0 Å². The molecule has 0 aliphatic heterocycles. The van der Waals surface area contributed by atoms with Gasteiger partial charge in [0, 0.05) is 35.1 Å². The van der Waals surface area contributed by atoms with Crippen molar-refractivity contribution in [1.82, 2.24) is 9.47 Å². The second-order valence-corrected chi connectivity index (χ2v) is 8.37. The fourth-order valence-corrected chi connectivity index (χ4v) is 3.58. The van der Waals surface area contributed by atoms with E-state index in [4.69, 9.17) is 0 Å². The summed E-state index contributed by atoms with van der Waals surface area (Å²) in [5, 5.41) is 3.03. The van der Waals surface area contributed by atoms with E-state index in [1.807, 2.05) is 55.3 Å². The number of anilines is 1. The normalized spacial score (nSPS) is 10.9. The second kappa shape index (κ2) is 9.70. The maximum Gasteiger partial charge on any atom is 0.322 e. The Bertz CT molecular complexity index is 930. The number of thioether (sulfide) groups is 1. The van der Waals surface area contributed by atoms with Crippen molar-refractivity contribution in [2.45, 2.75) is 44.8 Å². The van der Waals surface area contributed by atoms with E-state index in [2.05, 4.69) is 53.3 Å². The first-order chi connectivity index (χ1) is 14.0. The van der Waals surface area contributed by atoms with E-state index < -0.39 is 0 Å². The molecule has 3 rings (SSSR count).